The number of nitrogens with zero attached hydrogens (tertiary/aromatic N) is 4. The largest absolute Gasteiger partial charge is 0.493 e. The van der Waals surface area contributed by atoms with Gasteiger partial charge in [-0.25, -0.2) is 4.98 Å². The Morgan fingerprint density at radius 2 is 1.93 bits per heavy atom. The zero-order valence-electron chi connectivity index (χ0n) is 15.0. The molecule has 0 spiro atoms. The third kappa shape index (κ3) is 4.43. The van der Waals surface area contributed by atoms with Crippen molar-refractivity contribution in [1.29, 1.82) is 0 Å². The third-order valence-corrected chi connectivity index (χ3v) is 4.22. The Bertz CT molecular complexity index is 807. The van der Waals surface area contributed by atoms with Crippen LogP contribution < -0.4 is 20.1 Å². The molecule has 142 valence electrons. The zero-order valence-corrected chi connectivity index (χ0v) is 15.0. The maximum atomic E-state index is 12.8. The summed E-state index contributed by atoms with van der Waals surface area (Å²) in [5, 5.41) is 0. The first-order chi connectivity index (χ1) is 13.1. The van der Waals surface area contributed by atoms with E-state index in [1.54, 1.807) is 41.7 Å². The number of piperazine rings is 1. The summed E-state index contributed by atoms with van der Waals surface area (Å²) >= 11 is 0. The molecule has 27 heavy (non-hydrogen) atoms. The van der Waals surface area contributed by atoms with Crippen LogP contribution in [0.4, 0.5) is 5.82 Å². The predicted molar refractivity (Wildman–Crippen MR) is 97.8 cm³/mol. The van der Waals surface area contributed by atoms with Crippen LogP contribution in [-0.2, 0) is 4.79 Å². The summed E-state index contributed by atoms with van der Waals surface area (Å²) in [6, 6.07) is 4.86. The van der Waals surface area contributed by atoms with Gasteiger partial charge in [0, 0.05) is 44.1 Å². The number of hydrogen-bond donors (Lipinski definition) is 1. The molecule has 2 aromatic rings. The summed E-state index contributed by atoms with van der Waals surface area (Å²) in [6.07, 6.45) is 5.00. The van der Waals surface area contributed by atoms with Gasteiger partial charge in [0.15, 0.2) is 18.1 Å². The second-order valence-electron chi connectivity index (χ2n) is 5.96. The lowest BCUT2D eigenvalue weighted by atomic mass is 10.1. The number of aromatic nitrogens is 2. The Kier molecular flexibility index (Phi) is 5.70. The zero-order chi connectivity index (χ0) is 19.2. The molecule has 0 bridgehead atoms. The molecule has 1 aromatic carbocycles. The van der Waals surface area contributed by atoms with E-state index < -0.39 is 5.91 Å². The van der Waals surface area contributed by atoms with Gasteiger partial charge < -0.3 is 25.0 Å². The van der Waals surface area contributed by atoms with Crippen LogP contribution in [0.15, 0.2) is 36.8 Å². The smallest absolute Gasteiger partial charge is 0.255 e. The van der Waals surface area contributed by atoms with Crippen LogP contribution in [0.5, 0.6) is 11.5 Å². The highest BCUT2D eigenvalue weighted by atomic mass is 16.5. The lowest BCUT2D eigenvalue weighted by Gasteiger charge is -2.35. The molecule has 0 saturated carbocycles. The molecule has 9 heteroatoms. The lowest BCUT2D eigenvalue weighted by Crippen LogP contribution is -2.49. The van der Waals surface area contributed by atoms with Crippen LogP contribution in [0.2, 0.25) is 0 Å². The van der Waals surface area contributed by atoms with Gasteiger partial charge in [-0.15, -0.1) is 0 Å². The van der Waals surface area contributed by atoms with Crippen molar-refractivity contribution in [3.05, 3.63) is 42.4 Å². The molecule has 3 rings (SSSR count). The molecule has 0 radical (unpaired) electrons. The highest BCUT2D eigenvalue weighted by molar-refractivity contribution is 5.95. The average molecular weight is 371 g/mol. The fourth-order valence-corrected chi connectivity index (χ4v) is 2.84. The number of methoxy groups -OCH3 is 1. The Morgan fingerprint density at radius 1 is 1.15 bits per heavy atom. The number of hydrogen-bond acceptors (Lipinski definition) is 7. The molecular formula is C18H21N5O4. The van der Waals surface area contributed by atoms with E-state index in [-0.39, 0.29) is 12.5 Å². The molecule has 9 nitrogen and oxygen atoms in total. The normalized spacial score (nSPS) is 14.0. The van der Waals surface area contributed by atoms with E-state index in [9.17, 15) is 9.59 Å². The molecule has 2 amide bonds. The summed E-state index contributed by atoms with van der Waals surface area (Å²) in [6.45, 7) is 2.27. The fourth-order valence-electron chi connectivity index (χ4n) is 2.84. The number of carbonyl (C=O) groups excluding carboxylic acids is 2. The number of primary amides is 1. The van der Waals surface area contributed by atoms with Crippen molar-refractivity contribution >= 4 is 17.6 Å². The van der Waals surface area contributed by atoms with E-state index in [2.05, 4.69) is 14.9 Å². The summed E-state index contributed by atoms with van der Waals surface area (Å²) in [5.74, 6) is 0.870. The summed E-state index contributed by atoms with van der Waals surface area (Å²) < 4.78 is 10.5. The lowest BCUT2D eigenvalue weighted by molar-refractivity contribution is -0.119. The summed E-state index contributed by atoms with van der Waals surface area (Å²) in [7, 11) is 1.47. The van der Waals surface area contributed by atoms with E-state index in [4.69, 9.17) is 15.2 Å². The number of carbonyl (C=O) groups is 2. The van der Waals surface area contributed by atoms with Crippen LogP contribution in [0.3, 0.4) is 0 Å². The van der Waals surface area contributed by atoms with Crippen LogP contribution in [0.1, 0.15) is 10.4 Å². The molecule has 1 aromatic heterocycles. The van der Waals surface area contributed by atoms with Crippen LogP contribution >= 0.6 is 0 Å². The molecular weight excluding hydrogens is 350 g/mol. The van der Waals surface area contributed by atoms with Crippen molar-refractivity contribution in [1.82, 2.24) is 14.9 Å². The van der Waals surface area contributed by atoms with Gasteiger partial charge in [0.25, 0.3) is 11.8 Å². The first kappa shape index (κ1) is 18.4. The van der Waals surface area contributed by atoms with Gasteiger partial charge in [-0.2, -0.15) is 0 Å². The summed E-state index contributed by atoms with van der Waals surface area (Å²) in [4.78, 5) is 35.9. The van der Waals surface area contributed by atoms with Crippen molar-refractivity contribution in [2.45, 2.75) is 0 Å². The minimum absolute atomic E-state index is 0.0893. The highest BCUT2D eigenvalue weighted by Gasteiger charge is 2.23. The Morgan fingerprint density at radius 3 is 2.56 bits per heavy atom. The molecule has 0 aliphatic carbocycles. The van der Waals surface area contributed by atoms with Gasteiger partial charge in [0.1, 0.15) is 5.82 Å². The predicted octanol–water partition coefficient (Wildman–Crippen LogP) is 0.312. The van der Waals surface area contributed by atoms with Crippen molar-refractivity contribution in [2.24, 2.45) is 5.73 Å². The average Bonchev–Trinajstić information content (AvgIpc) is 2.72. The fraction of sp³-hybridized carbons (Fsp3) is 0.333. The Hall–Kier alpha value is -3.36. The van der Waals surface area contributed by atoms with Gasteiger partial charge in [-0.1, -0.05) is 0 Å². The second-order valence-corrected chi connectivity index (χ2v) is 5.96. The number of rotatable bonds is 6. The first-order valence-corrected chi connectivity index (χ1v) is 8.48. The van der Waals surface area contributed by atoms with E-state index in [1.165, 1.54) is 7.11 Å². The topological polar surface area (TPSA) is 111 Å². The molecule has 1 aliphatic rings. The number of nitrogens with two attached hydrogens (primary N) is 1. The Labute approximate surface area is 156 Å². The quantitative estimate of drug-likeness (QED) is 0.778. The maximum Gasteiger partial charge on any atom is 0.255 e. The van der Waals surface area contributed by atoms with Crippen molar-refractivity contribution in [2.75, 3.05) is 44.8 Å². The van der Waals surface area contributed by atoms with E-state index >= 15 is 0 Å². The van der Waals surface area contributed by atoms with E-state index in [0.717, 1.165) is 5.82 Å². The molecule has 2 N–H and O–H groups in total. The number of benzene rings is 1. The van der Waals surface area contributed by atoms with Crippen LogP contribution in [0, 0.1) is 0 Å². The molecule has 0 unspecified atom stereocenters. The number of ether oxygens (including phenoxy) is 2. The molecule has 1 fully saturated rings. The molecule has 2 heterocycles. The van der Waals surface area contributed by atoms with E-state index in [1.807, 2.05) is 0 Å². The van der Waals surface area contributed by atoms with Gasteiger partial charge in [-0.05, 0) is 18.2 Å². The van der Waals surface area contributed by atoms with Crippen molar-refractivity contribution in [3.8, 4) is 11.5 Å². The maximum absolute atomic E-state index is 12.8. The SMILES string of the molecule is COc1cc(C(=O)N2CCN(c3cnccn3)CC2)ccc1OCC(N)=O. The molecule has 0 atom stereocenters. The minimum atomic E-state index is -0.585. The third-order valence-electron chi connectivity index (χ3n) is 4.22. The second kappa shape index (κ2) is 8.35. The van der Waals surface area contributed by atoms with Crippen LogP contribution in [-0.4, -0.2) is 66.6 Å². The molecule has 1 aliphatic heterocycles. The first-order valence-electron chi connectivity index (χ1n) is 8.48. The van der Waals surface area contributed by atoms with Crippen molar-refractivity contribution < 1.29 is 19.1 Å². The standard InChI is InChI=1S/C18H21N5O4/c1-26-15-10-13(2-3-14(15)27-12-16(19)24)18(25)23-8-6-22(7-9-23)17-11-20-4-5-21-17/h2-5,10-11H,6-9,12H2,1H3,(H2,19,24). The minimum Gasteiger partial charge on any atom is -0.493 e. The number of amides is 2. The monoisotopic (exact) mass is 371 g/mol. The van der Waals surface area contributed by atoms with Gasteiger partial charge >= 0.3 is 0 Å². The highest BCUT2D eigenvalue weighted by Crippen LogP contribution is 2.28. The summed E-state index contributed by atoms with van der Waals surface area (Å²) in [5.41, 5.74) is 5.57. The Balaban J connectivity index is 1.65. The molecule has 1 saturated heterocycles. The van der Waals surface area contributed by atoms with Crippen molar-refractivity contribution in [3.63, 3.8) is 0 Å². The van der Waals surface area contributed by atoms with Gasteiger partial charge in [-0.3, -0.25) is 14.6 Å². The van der Waals surface area contributed by atoms with Gasteiger partial charge in [0.2, 0.25) is 0 Å². The number of anilines is 1. The van der Waals surface area contributed by atoms with Gasteiger partial charge in [0.05, 0.1) is 13.3 Å². The van der Waals surface area contributed by atoms with Crippen LogP contribution in [0.25, 0.3) is 0 Å². The van der Waals surface area contributed by atoms with E-state index in [0.29, 0.717) is 43.2 Å².